The SMILES string of the molecule is O=C(C[C@@H]([NH2+]CCCO)C(=O)[O-])NCCCO. The second kappa shape index (κ2) is 10.0. The van der Waals surface area contributed by atoms with Crippen LogP contribution in [0.4, 0.5) is 0 Å². The molecule has 100 valence electrons. The fourth-order valence-electron chi connectivity index (χ4n) is 1.25. The first kappa shape index (κ1) is 15.8. The van der Waals surface area contributed by atoms with Gasteiger partial charge in [-0.2, -0.15) is 0 Å². The van der Waals surface area contributed by atoms with Gasteiger partial charge in [-0.3, -0.25) is 4.79 Å². The Hall–Kier alpha value is -1.18. The number of carboxylic acid groups (broad SMARTS) is 1. The van der Waals surface area contributed by atoms with Gasteiger partial charge in [-0.15, -0.1) is 0 Å². The number of aliphatic hydroxyl groups is 2. The average Bonchev–Trinajstić information content (AvgIpc) is 2.28. The second-order valence-electron chi connectivity index (χ2n) is 3.66. The van der Waals surface area contributed by atoms with Crippen LogP contribution in [0.25, 0.3) is 0 Å². The third-order valence-electron chi connectivity index (χ3n) is 2.18. The normalized spacial score (nSPS) is 12.1. The number of nitrogens with two attached hydrogens (primary N) is 1. The third-order valence-corrected chi connectivity index (χ3v) is 2.18. The molecule has 0 aliphatic carbocycles. The number of carbonyl (C=O) groups excluding carboxylic acids is 2. The summed E-state index contributed by atoms with van der Waals surface area (Å²) in [5, 5.41) is 31.8. The zero-order valence-electron chi connectivity index (χ0n) is 9.72. The molecule has 0 saturated heterocycles. The lowest BCUT2D eigenvalue weighted by atomic mass is 10.2. The van der Waals surface area contributed by atoms with E-state index in [0.717, 1.165) is 0 Å². The van der Waals surface area contributed by atoms with Gasteiger partial charge < -0.3 is 30.7 Å². The Morgan fingerprint density at radius 1 is 1.24 bits per heavy atom. The molecule has 0 unspecified atom stereocenters. The summed E-state index contributed by atoms with van der Waals surface area (Å²) in [5.74, 6) is -1.67. The fourth-order valence-corrected chi connectivity index (χ4v) is 1.25. The topological polar surface area (TPSA) is 126 Å². The van der Waals surface area contributed by atoms with Gasteiger partial charge in [0.05, 0.1) is 18.9 Å². The van der Waals surface area contributed by atoms with Gasteiger partial charge in [0, 0.05) is 26.2 Å². The Balaban J connectivity index is 3.89. The zero-order chi connectivity index (χ0) is 13.1. The minimum absolute atomic E-state index is 0.0149. The lowest BCUT2D eigenvalue weighted by molar-refractivity contribution is -0.682. The molecule has 0 bridgehead atoms. The molecule has 0 saturated carbocycles. The molecule has 0 aromatic rings. The largest absolute Gasteiger partial charge is 0.544 e. The van der Waals surface area contributed by atoms with E-state index in [0.29, 0.717) is 25.9 Å². The molecule has 0 radical (unpaired) electrons. The summed E-state index contributed by atoms with van der Waals surface area (Å²) in [6.07, 6.45) is 0.741. The van der Waals surface area contributed by atoms with Gasteiger partial charge in [0.15, 0.2) is 0 Å². The molecule has 0 heterocycles. The molecule has 0 fully saturated rings. The van der Waals surface area contributed by atoms with Crippen LogP contribution in [0.3, 0.4) is 0 Å². The van der Waals surface area contributed by atoms with Crippen molar-refractivity contribution >= 4 is 11.9 Å². The summed E-state index contributed by atoms with van der Waals surface area (Å²) in [7, 11) is 0. The zero-order valence-corrected chi connectivity index (χ0v) is 9.72. The molecule has 5 N–H and O–H groups in total. The smallest absolute Gasteiger partial charge is 0.226 e. The average molecular weight is 248 g/mol. The monoisotopic (exact) mass is 248 g/mol. The van der Waals surface area contributed by atoms with Crippen molar-refractivity contribution in [3.63, 3.8) is 0 Å². The Kier molecular flexibility index (Phi) is 9.31. The van der Waals surface area contributed by atoms with E-state index in [-0.39, 0.29) is 25.5 Å². The van der Waals surface area contributed by atoms with E-state index in [1.54, 1.807) is 0 Å². The van der Waals surface area contributed by atoms with Crippen molar-refractivity contribution in [1.82, 2.24) is 5.32 Å². The maximum absolute atomic E-state index is 11.3. The quantitative estimate of drug-likeness (QED) is 0.293. The van der Waals surface area contributed by atoms with Crippen LogP contribution in [-0.2, 0) is 9.59 Å². The van der Waals surface area contributed by atoms with Crippen LogP contribution in [0.1, 0.15) is 19.3 Å². The van der Waals surface area contributed by atoms with Crippen LogP contribution in [0.2, 0.25) is 0 Å². The van der Waals surface area contributed by atoms with Gasteiger partial charge in [-0.05, 0) is 6.42 Å². The molecular weight excluding hydrogens is 228 g/mol. The van der Waals surface area contributed by atoms with Gasteiger partial charge in [0.2, 0.25) is 5.91 Å². The minimum Gasteiger partial charge on any atom is -0.544 e. The first-order valence-corrected chi connectivity index (χ1v) is 5.64. The van der Waals surface area contributed by atoms with Gasteiger partial charge in [-0.25, -0.2) is 0 Å². The number of hydrogen-bond acceptors (Lipinski definition) is 5. The molecule has 0 aliphatic rings. The van der Waals surface area contributed by atoms with Crippen LogP contribution in [-0.4, -0.2) is 54.4 Å². The molecule has 0 aromatic carbocycles. The van der Waals surface area contributed by atoms with Crippen LogP contribution in [0.15, 0.2) is 0 Å². The lowest BCUT2D eigenvalue weighted by Gasteiger charge is -2.15. The molecule has 0 aliphatic heterocycles. The molecule has 17 heavy (non-hydrogen) atoms. The van der Waals surface area contributed by atoms with Gasteiger partial charge in [0.25, 0.3) is 0 Å². The summed E-state index contributed by atoms with van der Waals surface area (Å²) in [6.45, 7) is 0.719. The summed E-state index contributed by atoms with van der Waals surface area (Å²) < 4.78 is 0. The fraction of sp³-hybridized carbons (Fsp3) is 0.800. The maximum Gasteiger partial charge on any atom is 0.226 e. The van der Waals surface area contributed by atoms with E-state index in [2.05, 4.69) is 5.32 Å². The van der Waals surface area contributed by atoms with Crippen molar-refractivity contribution in [2.45, 2.75) is 25.3 Å². The van der Waals surface area contributed by atoms with Gasteiger partial charge in [-0.1, -0.05) is 0 Å². The Bertz CT molecular complexity index is 235. The predicted octanol–water partition coefficient (Wildman–Crippen LogP) is -4.06. The van der Waals surface area contributed by atoms with Crippen LogP contribution in [0, 0.1) is 0 Å². The number of carboxylic acids is 1. The van der Waals surface area contributed by atoms with E-state index in [9.17, 15) is 14.7 Å². The highest BCUT2D eigenvalue weighted by Crippen LogP contribution is 1.86. The van der Waals surface area contributed by atoms with E-state index < -0.39 is 12.0 Å². The van der Waals surface area contributed by atoms with E-state index in [1.165, 1.54) is 5.32 Å². The van der Waals surface area contributed by atoms with Crippen LogP contribution in [0.5, 0.6) is 0 Å². The van der Waals surface area contributed by atoms with Crippen molar-refractivity contribution in [2.24, 2.45) is 0 Å². The molecule has 1 atom stereocenters. The molecule has 0 spiro atoms. The van der Waals surface area contributed by atoms with Crippen LogP contribution < -0.4 is 15.7 Å². The number of aliphatic carboxylic acids is 1. The van der Waals surface area contributed by atoms with Crippen LogP contribution >= 0.6 is 0 Å². The predicted molar refractivity (Wildman–Crippen MR) is 56.6 cm³/mol. The van der Waals surface area contributed by atoms with Crippen molar-refractivity contribution in [1.29, 1.82) is 0 Å². The van der Waals surface area contributed by atoms with Crippen molar-refractivity contribution in [2.75, 3.05) is 26.3 Å². The summed E-state index contributed by atoms with van der Waals surface area (Å²) >= 11 is 0. The van der Waals surface area contributed by atoms with Gasteiger partial charge >= 0.3 is 0 Å². The van der Waals surface area contributed by atoms with Crippen molar-refractivity contribution in [3.05, 3.63) is 0 Å². The highest BCUT2D eigenvalue weighted by atomic mass is 16.4. The number of nitrogens with one attached hydrogen (secondary N) is 1. The first-order valence-electron chi connectivity index (χ1n) is 5.64. The Labute approximate surface area is 99.8 Å². The van der Waals surface area contributed by atoms with Gasteiger partial charge in [0.1, 0.15) is 6.04 Å². The standard InChI is InChI=1S/C10H20N2O5/c13-5-1-3-11-8(10(16)17)7-9(15)12-4-2-6-14/h8,11,13-14H,1-7H2,(H,12,15)(H,16,17)/t8-/m1/s1. The number of quaternary nitrogens is 1. The highest BCUT2D eigenvalue weighted by Gasteiger charge is 2.17. The third kappa shape index (κ3) is 8.61. The number of rotatable bonds is 10. The van der Waals surface area contributed by atoms with E-state index in [4.69, 9.17) is 10.2 Å². The molecule has 0 rings (SSSR count). The highest BCUT2D eigenvalue weighted by molar-refractivity contribution is 5.82. The Morgan fingerprint density at radius 3 is 2.41 bits per heavy atom. The van der Waals surface area contributed by atoms with Crippen molar-refractivity contribution in [3.8, 4) is 0 Å². The number of amides is 1. The summed E-state index contributed by atoms with van der Waals surface area (Å²) in [5.41, 5.74) is 0. The Morgan fingerprint density at radius 2 is 1.88 bits per heavy atom. The molecule has 0 aromatic heterocycles. The lowest BCUT2D eigenvalue weighted by Crippen LogP contribution is -2.93. The summed E-state index contributed by atoms with van der Waals surface area (Å²) in [6, 6.07) is -0.935. The summed E-state index contributed by atoms with van der Waals surface area (Å²) in [4.78, 5) is 22.0. The number of aliphatic hydroxyl groups excluding tert-OH is 2. The minimum atomic E-state index is -1.29. The van der Waals surface area contributed by atoms with Crippen molar-refractivity contribution < 1.29 is 30.2 Å². The van der Waals surface area contributed by atoms with E-state index >= 15 is 0 Å². The molecule has 7 heteroatoms. The molecule has 1 amide bonds. The second-order valence-corrected chi connectivity index (χ2v) is 3.66. The maximum atomic E-state index is 11.3. The van der Waals surface area contributed by atoms with E-state index in [1.807, 2.05) is 0 Å². The molecular formula is C10H20N2O5. The molecule has 7 nitrogen and oxygen atoms in total. The number of hydrogen-bond donors (Lipinski definition) is 4. The first-order chi connectivity index (χ1) is 8.11. The number of carbonyl (C=O) groups is 2.